The summed E-state index contributed by atoms with van der Waals surface area (Å²) in [5, 5.41) is 3.28. The molecular formula is C23H23FN6O. The van der Waals surface area contributed by atoms with Gasteiger partial charge in [-0.05, 0) is 43.7 Å². The van der Waals surface area contributed by atoms with Gasteiger partial charge in [-0.15, -0.1) is 0 Å². The van der Waals surface area contributed by atoms with E-state index in [1.807, 2.05) is 36.6 Å². The van der Waals surface area contributed by atoms with E-state index in [4.69, 9.17) is 15.5 Å². The molecule has 1 aliphatic heterocycles. The number of pyridine rings is 1. The Labute approximate surface area is 179 Å². The molecule has 0 saturated heterocycles. The van der Waals surface area contributed by atoms with Crippen molar-refractivity contribution < 1.29 is 9.13 Å². The topological polar surface area (TPSA) is 90.4 Å². The molecule has 0 spiro atoms. The van der Waals surface area contributed by atoms with E-state index < -0.39 is 0 Å². The molecule has 5 rings (SSSR count). The number of aromatic nitrogens is 4. The Morgan fingerprint density at radius 1 is 1.29 bits per heavy atom. The Morgan fingerprint density at radius 3 is 2.97 bits per heavy atom. The molecule has 1 atom stereocenters. The van der Waals surface area contributed by atoms with E-state index in [9.17, 15) is 4.39 Å². The molecule has 0 fully saturated rings. The molecule has 3 N–H and O–H groups in total. The smallest absolute Gasteiger partial charge is 0.208 e. The standard InChI is InChI=1S/C23H23FN6O/c1-13-9-15(5-7-26-13)17-10-27-23(30-12-20(14(2)25)29-22(17)30)28-11-18-16-6-8-31-21(16)4-3-19(18)24/h3-5,7,9-10,12,14H,6,8,11,25H2,1-2H3,(H,27,28). The van der Waals surface area contributed by atoms with Crippen LogP contribution in [-0.2, 0) is 13.0 Å². The van der Waals surface area contributed by atoms with Gasteiger partial charge in [0.1, 0.15) is 17.2 Å². The summed E-state index contributed by atoms with van der Waals surface area (Å²) in [6, 6.07) is 6.83. The monoisotopic (exact) mass is 418 g/mol. The summed E-state index contributed by atoms with van der Waals surface area (Å²) in [6.07, 6.45) is 6.12. The molecule has 0 bridgehead atoms. The second-order valence-corrected chi connectivity index (χ2v) is 7.78. The fraction of sp³-hybridized carbons (Fsp3) is 0.261. The molecule has 0 aliphatic carbocycles. The maximum atomic E-state index is 14.5. The lowest BCUT2D eigenvalue weighted by Crippen LogP contribution is -2.09. The van der Waals surface area contributed by atoms with Gasteiger partial charge >= 0.3 is 0 Å². The molecular weight excluding hydrogens is 395 g/mol. The highest BCUT2D eigenvalue weighted by atomic mass is 19.1. The van der Waals surface area contributed by atoms with Gasteiger partial charge in [-0.3, -0.25) is 9.38 Å². The molecule has 4 heterocycles. The number of aryl methyl sites for hydroxylation is 1. The van der Waals surface area contributed by atoms with Gasteiger partial charge < -0.3 is 15.8 Å². The minimum atomic E-state index is -0.251. The Morgan fingerprint density at radius 2 is 2.16 bits per heavy atom. The number of nitrogens with one attached hydrogen (secondary N) is 1. The van der Waals surface area contributed by atoms with Crippen LogP contribution in [0.15, 0.2) is 42.9 Å². The average Bonchev–Trinajstić information content (AvgIpc) is 3.40. The number of hydrogen-bond acceptors (Lipinski definition) is 6. The molecule has 3 aromatic heterocycles. The highest BCUT2D eigenvalue weighted by molar-refractivity contribution is 5.78. The van der Waals surface area contributed by atoms with E-state index in [-0.39, 0.29) is 11.9 Å². The van der Waals surface area contributed by atoms with Crippen LogP contribution >= 0.6 is 0 Å². The molecule has 8 heteroatoms. The van der Waals surface area contributed by atoms with Crippen molar-refractivity contribution in [2.75, 3.05) is 11.9 Å². The first-order valence-electron chi connectivity index (χ1n) is 10.2. The van der Waals surface area contributed by atoms with Crippen molar-refractivity contribution in [2.45, 2.75) is 32.9 Å². The molecule has 0 saturated carbocycles. The van der Waals surface area contributed by atoms with E-state index in [2.05, 4.69) is 15.3 Å². The molecule has 0 amide bonds. The van der Waals surface area contributed by atoms with Gasteiger partial charge in [-0.2, -0.15) is 0 Å². The van der Waals surface area contributed by atoms with Crippen molar-refractivity contribution in [1.82, 2.24) is 19.4 Å². The number of hydrogen-bond donors (Lipinski definition) is 2. The van der Waals surface area contributed by atoms with Crippen molar-refractivity contribution in [3.63, 3.8) is 0 Å². The first-order valence-corrected chi connectivity index (χ1v) is 10.2. The van der Waals surface area contributed by atoms with Gasteiger partial charge in [-0.1, -0.05) is 0 Å². The summed E-state index contributed by atoms with van der Waals surface area (Å²) in [7, 11) is 0. The zero-order valence-corrected chi connectivity index (χ0v) is 17.4. The van der Waals surface area contributed by atoms with Crippen molar-refractivity contribution in [2.24, 2.45) is 5.73 Å². The quantitative estimate of drug-likeness (QED) is 0.512. The molecule has 0 radical (unpaired) electrons. The third-order valence-electron chi connectivity index (χ3n) is 5.55. The largest absolute Gasteiger partial charge is 0.493 e. The zero-order valence-electron chi connectivity index (χ0n) is 17.4. The summed E-state index contributed by atoms with van der Waals surface area (Å²) in [6.45, 7) is 4.70. The Hall–Kier alpha value is -3.52. The van der Waals surface area contributed by atoms with Crippen LogP contribution in [0.1, 0.15) is 35.5 Å². The second kappa shape index (κ2) is 7.63. The van der Waals surface area contributed by atoms with E-state index in [0.29, 0.717) is 31.1 Å². The number of fused-ring (bicyclic) bond motifs is 2. The predicted octanol–water partition coefficient (Wildman–Crippen LogP) is 3.81. The molecule has 1 unspecified atom stereocenters. The lowest BCUT2D eigenvalue weighted by Gasteiger charge is -2.13. The molecule has 1 aromatic carbocycles. The third-order valence-corrected chi connectivity index (χ3v) is 5.55. The first kappa shape index (κ1) is 19.4. The molecule has 4 aromatic rings. The number of anilines is 1. The lowest BCUT2D eigenvalue weighted by atomic mass is 10.0. The lowest BCUT2D eigenvalue weighted by molar-refractivity contribution is 0.356. The van der Waals surface area contributed by atoms with Crippen molar-refractivity contribution in [3.8, 4) is 16.9 Å². The number of nitrogens with zero attached hydrogens (tertiary/aromatic N) is 4. The maximum absolute atomic E-state index is 14.5. The molecule has 31 heavy (non-hydrogen) atoms. The number of ether oxygens (including phenoxy) is 1. The van der Waals surface area contributed by atoms with Crippen LogP contribution in [0.2, 0.25) is 0 Å². The Balaban J connectivity index is 1.56. The Kier molecular flexibility index (Phi) is 4.78. The van der Waals surface area contributed by atoms with Gasteiger partial charge in [0.05, 0.1) is 12.3 Å². The van der Waals surface area contributed by atoms with Gasteiger partial charge in [-0.25, -0.2) is 14.4 Å². The number of rotatable bonds is 5. The fourth-order valence-electron chi connectivity index (χ4n) is 3.94. The van der Waals surface area contributed by atoms with Crippen molar-refractivity contribution >= 4 is 11.6 Å². The van der Waals surface area contributed by atoms with Crippen LogP contribution in [0.3, 0.4) is 0 Å². The van der Waals surface area contributed by atoms with Gasteiger partial charge in [0.2, 0.25) is 5.95 Å². The number of halogens is 1. The van der Waals surface area contributed by atoms with Crippen LogP contribution < -0.4 is 15.8 Å². The van der Waals surface area contributed by atoms with Gasteiger partial charge in [0, 0.05) is 60.0 Å². The normalized spacial score (nSPS) is 13.8. The maximum Gasteiger partial charge on any atom is 0.208 e. The summed E-state index contributed by atoms with van der Waals surface area (Å²) >= 11 is 0. The highest BCUT2D eigenvalue weighted by Gasteiger charge is 2.20. The van der Waals surface area contributed by atoms with Gasteiger partial charge in [0.15, 0.2) is 0 Å². The van der Waals surface area contributed by atoms with Crippen LogP contribution in [-0.4, -0.2) is 26.0 Å². The number of imidazole rings is 1. The molecule has 1 aliphatic rings. The van der Waals surface area contributed by atoms with Crippen molar-refractivity contribution in [3.05, 3.63) is 71.2 Å². The minimum absolute atomic E-state index is 0.230. The molecule has 7 nitrogen and oxygen atoms in total. The summed E-state index contributed by atoms with van der Waals surface area (Å²) in [5.41, 5.74) is 11.9. The van der Waals surface area contributed by atoms with Gasteiger partial charge in [0.25, 0.3) is 0 Å². The van der Waals surface area contributed by atoms with E-state index >= 15 is 0 Å². The van der Waals surface area contributed by atoms with E-state index in [0.717, 1.165) is 39.5 Å². The predicted molar refractivity (Wildman–Crippen MR) is 116 cm³/mol. The molecule has 158 valence electrons. The van der Waals surface area contributed by atoms with E-state index in [1.165, 1.54) is 6.07 Å². The zero-order chi connectivity index (χ0) is 21.5. The second-order valence-electron chi connectivity index (χ2n) is 7.78. The van der Waals surface area contributed by atoms with Crippen LogP contribution in [0.4, 0.5) is 10.3 Å². The van der Waals surface area contributed by atoms with Crippen molar-refractivity contribution in [1.29, 1.82) is 0 Å². The summed E-state index contributed by atoms with van der Waals surface area (Å²) in [4.78, 5) is 13.6. The van der Waals surface area contributed by atoms with Crippen LogP contribution in [0.25, 0.3) is 16.8 Å². The van der Waals surface area contributed by atoms with E-state index in [1.54, 1.807) is 18.5 Å². The summed E-state index contributed by atoms with van der Waals surface area (Å²) < 4.78 is 22.0. The Bertz CT molecular complexity index is 1280. The average molecular weight is 418 g/mol. The minimum Gasteiger partial charge on any atom is -0.493 e. The fourth-order valence-corrected chi connectivity index (χ4v) is 3.94. The van der Waals surface area contributed by atoms with Crippen LogP contribution in [0, 0.1) is 12.7 Å². The SMILES string of the molecule is Cc1cc(-c2cnc(NCc3c(F)ccc4c3CCO4)n3cc(C(C)N)nc23)ccn1. The third kappa shape index (κ3) is 3.48. The van der Waals surface area contributed by atoms with Crippen LogP contribution in [0.5, 0.6) is 5.75 Å². The number of benzene rings is 1. The summed E-state index contributed by atoms with van der Waals surface area (Å²) in [5.74, 6) is 1.07. The highest BCUT2D eigenvalue weighted by Crippen LogP contribution is 2.31. The first-order chi connectivity index (χ1) is 15.0. The number of nitrogens with two attached hydrogens (primary N) is 1.